The van der Waals surface area contributed by atoms with E-state index in [1.807, 2.05) is 23.2 Å². The fourth-order valence-corrected chi connectivity index (χ4v) is 3.14. The Kier molecular flexibility index (Phi) is 9.45. The largest absolute Gasteiger partial charge is 0.312 e. The number of anilines is 1. The number of benzene rings is 1. The van der Waals surface area contributed by atoms with Gasteiger partial charge in [-0.2, -0.15) is 5.26 Å². The molecule has 5 heteroatoms. The molecule has 0 radical (unpaired) electrons. The predicted octanol–water partition coefficient (Wildman–Crippen LogP) is 4.87. The smallest absolute Gasteiger partial charge is 0.209 e. The number of aryl methyl sites for hydroxylation is 1. The zero-order valence-electron chi connectivity index (χ0n) is 15.9. The molecule has 142 valence electrons. The quantitative estimate of drug-likeness (QED) is 0.196. The minimum Gasteiger partial charge on any atom is -0.312 e. The van der Waals surface area contributed by atoms with E-state index in [-0.39, 0.29) is 5.96 Å². The molecule has 0 saturated carbocycles. The highest BCUT2D eigenvalue weighted by molar-refractivity contribution is 5.94. The molecule has 1 aromatic heterocycles. The van der Waals surface area contributed by atoms with Gasteiger partial charge in [0.25, 0.3) is 0 Å². The molecule has 0 atom stereocenters. The van der Waals surface area contributed by atoms with Crippen LogP contribution in [-0.4, -0.2) is 17.5 Å². The molecule has 27 heavy (non-hydrogen) atoms. The van der Waals surface area contributed by atoms with Crippen molar-refractivity contribution in [2.75, 3.05) is 11.4 Å². The highest BCUT2D eigenvalue weighted by Gasteiger charge is 2.11. The Balaban J connectivity index is 1.58. The molecular weight excluding hydrogens is 334 g/mol. The molecule has 2 N–H and O–H groups in total. The van der Waals surface area contributed by atoms with Crippen LogP contribution in [0.4, 0.5) is 5.69 Å². The summed E-state index contributed by atoms with van der Waals surface area (Å²) in [7, 11) is 0. The number of nitriles is 1. The minimum absolute atomic E-state index is 0.115. The molecule has 0 spiro atoms. The second kappa shape index (κ2) is 12.5. The lowest BCUT2D eigenvalue weighted by Crippen LogP contribution is -2.39. The predicted molar refractivity (Wildman–Crippen MR) is 111 cm³/mol. The van der Waals surface area contributed by atoms with Gasteiger partial charge in [-0.3, -0.25) is 15.7 Å². The van der Waals surface area contributed by atoms with Crippen molar-refractivity contribution in [2.45, 2.75) is 51.4 Å². The molecule has 1 heterocycles. The molecule has 0 fully saturated rings. The van der Waals surface area contributed by atoms with Crippen LogP contribution in [0.5, 0.6) is 0 Å². The maximum absolute atomic E-state index is 8.78. The van der Waals surface area contributed by atoms with Crippen LogP contribution in [0.3, 0.4) is 0 Å². The standard InChI is InChI=1S/C22H29N5/c23-19-26-22(24)27(21-14-16-25-17-15-21)18-10-5-3-1-2-4-7-11-20-12-8-6-9-13-20/h6,8-9,12-17H,1-5,7,10-11,18H2,(H2,24,26). The molecule has 0 aliphatic carbocycles. The molecule has 0 saturated heterocycles. The van der Waals surface area contributed by atoms with Gasteiger partial charge >= 0.3 is 0 Å². The average Bonchev–Trinajstić information content (AvgIpc) is 2.71. The maximum atomic E-state index is 8.78. The van der Waals surface area contributed by atoms with Crippen LogP contribution in [0, 0.1) is 16.9 Å². The van der Waals surface area contributed by atoms with Crippen LogP contribution in [0.1, 0.15) is 50.5 Å². The fraction of sp³-hybridized carbons (Fsp3) is 0.409. The summed E-state index contributed by atoms with van der Waals surface area (Å²) in [4.78, 5) is 5.84. The van der Waals surface area contributed by atoms with E-state index in [4.69, 9.17) is 10.7 Å². The van der Waals surface area contributed by atoms with Crippen LogP contribution in [0.2, 0.25) is 0 Å². The Morgan fingerprint density at radius 3 is 2.22 bits per heavy atom. The van der Waals surface area contributed by atoms with Crippen molar-refractivity contribution in [3.05, 3.63) is 60.4 Å². The number of nitrogens with zero attached hydrogens (tertiary/aromatic N) is 3. The topological polar surface area (TPSA) is 75.8 Å². The summed E-state index contributed by atoms with van der Waals surface area (Å²) in [5, 5.41) is 19.2. The third kappa shape index (κ3) is 7.91. The Morgan fingerprint density at radius 1 is 0.926 bits per heavy atom. The van der Waals surface area contributed by atoms with E-state index >= 15 is 0 Å². The second-order valence-electron chi connectivity index (χ2n) is 6.65. The van der Waals surface area contributed by atoms with Gasteiger partial charge in [-0.15, -0.1) is 0 Å². The maximum Gasteiger partial charge on any atom is 0.209 e. The highest BCUT2D eigenvalue weighted by atomic mass is 15.3. The van der Waals surface area contributed by atoms with E-state index in [0.717, 1.165) is 25.1 Å². The van der Waals surface area contributed by atoms with Crippen LogP contribution >= 0.6 is 0 Å². The molecule has 1 aromatic carbocycles. The molecule has 0 aliphatic heterocycles. The monoisotopic (exact) mass is 363 g/mol. The molecule has 0 unspecified atom stereocenters. The van der Waals surface area contributed by atoms with Crippen LogP contribution in [-0.2, 0) is 6.42 Å². The van der Waals surface area contributed by atoms with Gasteiger partial charge in [0, 0.05) is 24.6 Å². The van der Waals surface area contributed by atoms with Crippen molar-refractivity contribution in [1.82, 2.24) is 10.3 Å². The average molecular weight is 364 g/mol. The van der Waals surface area contributed by atoms with Crippen LogP contribution in [0.25, 0.3) is 0 Å². The first kappa shape index (κ1) is 20.4. The third-order valence-corrected chi connectivity index (χ3v) is 4.61. The van der Waals surface area contributed by atoms with Crippen molar-refractivity contribution in [1.29, 1.82) is 10.7 Å². The van der Waals surface area contributed by atoms with Crippen molar-refractivity contribution >= 4 is 11.6 Å². The first-order valence-corrected chi connectivity index (χ1v) is 9.76. The number of pyridine rings is 1. The molecular formula is C22H29N5. The summed E-state index contributed by atoms with van der Waals surface area (Å²) in [5.74, 6) is 0.115. The first-order chi connectivity index (χ1) is 13.3. The minimum atomic E-state index is 0.115. The summed E-state index contributed by atoms with van der Waals surface area (Å²) >= 11 is 0. The molecule has 2 rings (SSSR count). The lowest BCUT2D eigenvalue weighted by atomic mass is 10.0. The number of hydrogen-bond acceptors (Lipinski definition) is 3. The number of nitrogens with one attached hydrogen (secondary N) is 2. The van der Waals surface area contributed by atoms with E-state index in [0.29, 0.717) is 0 Å². The normalized spacial score (nSPS) is 10.2. The van der Waals surface area contributed by atoms with E-state index in [1.54, 1.807) is 12.4 Å². The van der Waals surface area contributed by atoms with E-state index < -0.39 is 0 Å². The third-order valence-electron chi connectivity index (χ3n) is 4.61. The number of guanidine groups is 1. The van der Waals surface area contributed by atoms with Gasteiger partial charge in [-0.1, -0.05) is 62.4 Å². The Bertz CT molecular complexity index is 694. The van der Waals surface area contributed by atoms with Crippen LogP contribution < -0.4 is 10.2 Å². The summed E-state index contributed by atoms with van der Waals surface area (Å²) in [6, 6.07) is 14.4. The number of unbranched alkanes of at least 4 members (excludes halogenated alkanes) is 6. The SMILES string of the molecule is N#CNC(=N)N(CCCCCCCCCc1ccccc1)c1ccncc1. The highest BCUT2D eigenvalue weighted by Crippen LogP contribution is 2.15. The van der Waals surface area contributed by atoms with Gasteiger partial charge in [0.05, 0.1) is 0 Å². The first-order valence-electron chi connectivity index (χ1n) is 9.76. The summed E-state index contributed by atoms with van der Waals surface area (Å²) in [6.45, 7) is 0.728. The summed E-state index contributed by atoms with van der Waals surface area (Å²) in [5.41, 5.74) is 2.32. The second-order valence-corrected chi connectivity index (χ2v) is 6.65. The molecule has 2 aromatic rings. The van der Waals surface area contributed by atoms with E-state index in [2.05, 4.69) is 40.6 Å². The molecule has 5 nitrogen and oxygen atoms in total. The van der Waals surface area contributed by atoms with Crippen molar-refractivity contribution in [3.63, 3.8) is 0 Å². The Labute approximate surface area is 162 Å². The zero-order chi connectivity index (χ0) is 19.2. The molecule has 0 aliphatic rings. The van der Waals surface area contributed by atoms with Crippen molar-refractivity contribution in [3.8, 4) is 6.19 Å². The van der Waals surface area contributed by atoms with Crippen molar-refractivity contribution in [2.24, 2.45) is 0 Å². The molecule has 0 bridgehead atoms. The number of hydrogen-bond donors (Lipinski definition) is 2. The van der Waals surface area contributed by atoms with Gasteiger partial charge in [0.2, 0.25) is 5.96 Å². The van der Waals surface area contributed by atoms with Gasteiger partial charge < -0.3 is 4.90 Å². The lowest BCUT2D eigenvalue weighted by Gasteiger charge is -2.23. The van der Waals surface area contributed by atoms with Gasteiger partial charge in [0.1, 0.15) is 0 Å². The van der Waals surface area contributed by atoms with E-state index in [1.165, 1.54) is 44.1 Å². The lowest BCUT2D eigenvalue weighted by molar-refractivity contribution is 0.581. The molecule has 0 amide bonds. The number of aromatic nitrogens is 1. The fourth-order valence-electron chi connectivity index (χ4n) is 3.14. The van der Waals surface area contributed by atoms with Crippen molar-refractivity contribution < 1.29 is 0 Å². The van der Waals surface area contributed by atoms with Crippen LogP contribution in [0.15, 0.2) is 54.9 Å². The Morgan fingerprint density at radius 2 is 1.56 bits per heavy atom. The summed E-state index contributed by atoms with van der Waals surface area (Å²) in [6.07, 6.45) is 14.9. The summed E-state index contributed by atoms with van der Waals surface area (Å²) < 4.78 is 0. The Hall–Kier alpha value is -2.87. The van der Waals surface area contributed by atoms with Gasteiger partial charge in [-0.25, -0.2) is 0 Å². The van der Waals surface area contributed by atoms with E-state index in [9.17, 15) is 0 Å². The van der Waals surface area contributed by atoms with Gasteiger partial charge in [-0.05, 0) is 37.0 Å². The number of rotatable bonds is 11. The zero-order valence-corrected chi connectivity index (χ0v) is 15.9. The van der Waals surface area contributed by atoms with Gasteiger partial charge in [0.15, 0.2) is 6.19 Å².